The van der Waals surface area contributed by atoms with Gasteiger partial charge in [-0.3, -0.25) is 0 Å². The lowest BCUT2D eigenvalue weighted by atomic mass is 10.2. The Balaban J connectivity index is 2.12. The maximum absolute atomic E-state index is 13.0. The largest absolute Gasteiger partial charge is 0.322 e. The number of fused-ring (bicyclic) bond motifs is 1. The number of halogens is 3. The summed E-state index contributed by atoms with van der Waals surface area (Å²) in [6.07, 6.45) is 0. The van der Waals surface area contributed by atoms with Gasteiger partial charge in [0.2, 0.25) is 0 Å². The molecule has 0 aliphatic rings. The monoisotopic (exact) mass is 322 g/mol. The predicted molar refractivity (Wildman–Crippen MR) is 84.5 cm³/mol. The van der Waals surface area contributed by atoms with Crippen LogP contribution in [0.2, 0.25) is 5.02 Å². The Bertz CT molecular complexity index is 779. The Morgan fingerprint density at radius 1 is 1.19 bits per heavy atom. The molecule has 5 heteroatoms. The summed E-state index contributed by atoms with van der Waals surface area (Å²) in [5.41, 5.74) is 2.76. The SMILES string of the molecule is CC(Cl)c1nc2ccc(Cl)cc2n1Cc1ccc(F)cc1. The molecule has 2 aromatic carbocycles. The molecule has 0 aliphatic heterocycles. The van der Waals surface area contributed by atoms with Crippen molar-refractivity contribution in [1.82, 2.24) is 9.55 Å². The van der Waals surface area contributed by atoms with Gasteiger partial charge in [0, 0.05) is 11.6 Å². The van der Waals surface area contributed by atoms with Crippen molar-refractivity contribution in [3.05, 3.63) is 64.7 Å². The second-order valence-electron chi connectivity index (χ2n) is 4.93. The standard InChI is InChI=1S/C16H13Cl2FN2/c1-10(17)16-20-14-7-4-12(18)8-15(14)21(16)9-11-2-5-13(19)6-3-11/h2-8,10H,9H2,1H3. The van der Waals surface area contributed by atoms with Gasteiger partial charge in [-0.15, -0.1) is 11.6 Å². The second-order valence-corrected chi connectivity index (χ2v) is 6.02. The van der Waals surface area contributed by atoms with Crippen LogP contribution in [0.4, 0.5) is 4.39 Å². The van der Waals surface area contributed by atoms with Gasteiger partial charge < -0.3 is 4.57 Å². The third kappa shape index (κ3) is 2.89. The van der Waals surface area contributed by atoms with E-state index in [1.165, 1.54) is 12.1 Å². The van der Waals surface area contributed by atoms with Gasteiger partial charge in [-0.25, -0.2) is 9.37 Å². The molecule has 21 heavy (non-hydrogen) atoms. The van der Waals surface area contributed by atoms with Gasteiger partial charge in [0.1, 0.15) is 11.6 Å². The summed E-state index contributed by atoms with van der Waals surface area (Å²) in [5.74, 6) is 0.529. The first kappa shape index (κ1) is 14.4. The van der Waals surface area contributed by atoms with Gasteiger partial charge in [-0.1, -0.05) is 23.7 Å². The Kier molecular flexibility index (Phi) is 3.87. The molecular weight excluding hydrogens is 310 g/mol. The summed E-state index contributed by atoms with van der Waals surface area (Å²) in [4.78, 5) is 4.57. The molecule has 0 aliphatic carbocycles. The minimum atomic E-state index is -0.247. The summed E-state index contributed by atoms with van der Waals surface area (Å²) < 4.78 is 15.0. The zero-order valence-corrected chi connectivity index (χ0v) is 12.9. The average molecular weight is 323 g/mol. The smallest absolute Gasteiger partial charge is 0.128 e. The van der Waals surface area contributed by atoms with E-state index in [4.69, 9.17) is 23.2 Å². The third-order valence-corrected chi connectivity index (χ3v) is 3.78. The molecule has 0 amide bonds. The van der Waals surface area contributed by atoms with E-state index in [0.29, 0.717) is 11.6 Å². The van der Waals surface area contributed by atoms with Crippen LogP contribution in [0.25, 0.3) is 11.0 Å². The van der Waals surface area contributed by atoms with Crippen molar-refractivity contribution in [1.29, 1.82) is 0 Å². The first-order valence-corrected chi connectivity index (χ1v) is 7.40. The molecule has 0 saturated carbocycles. The van der Waals surface area contributed by atoms with E-state index in [2.05, 4.69) is 4.98 Å². The third-order valence-electron chi connectivity index (χ3n) is 3.35. The highest BCUT2D eigenvalue weighted by Crippen LogP contribution is 2.27. The zero-order valence-electron chi connectivity index (χ0n) is 11.4. The summed E-state index contributed by atoms with van der Waals surface area (Å²) in [7, 11) is 0. The molecular formula is C16H13Cl2FN2. The lowest BCUT2D eigenvalue weighted by Crippen LogP contribution is -2.05. The predicted octanol–water partition coefficient (Wildman–Crippen LogP) is 5.18. The molecule has 1 atom stereocenters. The molecule has 0 spiro atoms. The van der Waals surface area contributed by atoms with E-state index < -0.39 is 0 Å². The molecule has 3 rings (SSSR count). The van der Waals surface area contributed by atoms with Gasteiger partial charge in [0.25, 0.3) is 0 Å². The van der Waals surface area contributed by atoms with Crippen molar-refractivity contribution in [3.8, 4) is 0 Å². The minimum Gasteiger partial charge on any atom is -0.322 e. The fraction of sp³-hybridized carbons (Fsp3) is 0.188. The molecule has 2 nitrogen and oxygen atoms in total. The maximum atomic E-state index is 13.0. The van der Waals surface area contributed by atoms with Crippen molar-refractivity contribution < 1.29 is 4.39 Å². The van der Waals surface area contributed by atoms with E-state index in [-0.39, 0.29) is 11.2 Å². The number of benzene rings is 2. The van der Waals surface area contributed by atoms with Crippen LogP contribution < -0.4 is 0 Å². The van der Waals surface area contributed by atoms with Crippen molar-refractivity contribution in [2.75, 3.05) is 0 Å². The highest BCUT2D eigenvalue weighted by Gasteiger charge is 2.15. The Morgan fingerprint density at radius 3 is 2.57 bits per heavy atom. The fourth-order valence-electron chi connectivity index (χ4n) is 2.36. The minimum absolute atomic E-state index is 0.225. The first-order valence-electron chi connectivity index (χ1n) is 6.59. The van der Waals surface area contributed by atoms with Crippen LogP contribution in [0.1, 0.15) is 23.7 Å². The van der Waals surface area contributed by atoms with Crippen LogP contribution in [-0.2, 0) is 6.54 Å². The Hall–Kier alpha value is -1.58. The molecule has 1 aromatic heterocycles. The van der Waals surface area contributed by atoms with Crippen LogP contribution in [0.3, 0.4) is 0 Å². The molecule has 1 unspecified atom stereocenters. The van der Waals surface area contributed by atoms with Crippen molar-refractivity contribution in [3.63, 3.8) is 0 Å². The van der Waals surface area contributed by atoms with Crippen molar-refractivity contribution in [2.45, 2.75) is 18.8 Å². The van der Waals surface area contributed by atoms with E-state index in [1.807, 2.05) is 29.7 Å². The summed E-state index contributed by atoms with van der Waals surface area (Å²) in [5, 5.41) is 0.424. The van der Waals surface area contributed by atoms with Gasteiger partial charge in [-0.05, 0) is 42.8 Å². The number of nitrogens with zero attached hydrogens (tertiary/aromatic N) is 2. The maximum Gasteiger partial charge on any atom is 0.128 e. The molecule has 3 aromatic rings. The van der Waals surface area contributed by atoms with Gasteiger partial charge in [-0.2, -0.15) is 0 Å². The van der Waals surface area contributed by atoms with Crippen molar-refractivity contribution in [2.24, 2.45) is 0 Å². The van der Waals surface area contributed by atoms with E-state index in [9.17, 15) is 4.39 Å². The molecule has 0 radical (unpaired) electrons. The van der Waals surface area contributed by atoms with Crippen LogP contribution >= 0.6 is 23.2 Å². The Morgan fingerprint density at radius 2 is 1.90 bits per heavy atom. The van der Waals surface area contributed by atoms with Crippen molar-refractivity contribution >= 4 is 34.2 Å². The lowest BCUT2D eigenvalue weighted by Gasteiger charge is -2.11. The summed E-state index contributed by atoms with van der Waals surface area (Å²) in [6, 6.07) is 12.0. The van der Waals surface area contributed by atoms with E-state index in [1.54, 1.807) is 12.1 Å². The average Bonchev–Trinajstić information content (AvgIpc) is 2.80. The molecule has 108 valence electrons. The molecule has 1 heterocycles. The second kappa shape index (κ2) is 5.66. The fourth-order valence-corrected chi connectivity index (χ4v) is 2.69. The number of imidazole rings is 1. The van der Waals surface area contributed by atoms with Crippen LogP contribution in [0.15, 0.2) is 42.5 Å². The number of hydrogen-bond donors (Lipinski definition) is 0. The normalized spacial score (nSPS) is 12.8. The van der Waals surface area contributed by atoms with E-state index in [0.717, 1.165) is 22.4 Å². The number of alkyl halides is 1. The number of rotatable bonds is 3. The van der Waals surface area contributed by atoms with Crippen LogP contribution in [-0.4, -0.2) is 9.55 Å². The van der Waals surface area contributed by atoms with Crippen LogP contribution in [0, 0.1) is 5.82 Å². The number of aromatic nitrogens is 2. The molecule has 0 N–H and O–H groups in total. The number of hydrogen-bond acceptors (Lipinski definition) is 1. The lowest BCUT2D eigenvalue weighted by molar-refractivity contribution is 0.626. The quantitative estimate of drug-likeness (QED) is 0.608. The highest BCUT2D eigenvalue weighted by atomic mass is 35.5. The topological polar surface area (TPSA) is 17.8 Å². The van der Waals surface area contributed by atoms with Crippen LogP contribution in [0.5, 0.6) is 0 Å². The van der Waals surface area contributed by atoms with E-state index >= 15 is 0 Å². The van der Waals surface area contributed by atoms with Gasteiger partial charge >= 0.3 is 0 Å². The van der Waals surface area contributed by atoms with Gasteiger partial charge in [0.05, 0.1) is 16.4 Å². The molecule has 0 bridgehead atoms. The first-order chi connectivity index (χ1) is 10.0. The molecule has 0 saturated heterocycles. The summed E-state index contributed by atoms with van der Waals surface area (Å²) >= 11 is 12.3. The highest BCUT2D eigenvalue weighted by molar-refractivity contribution is 6.31. The molecule has 0 fully saturated rings. The van der Waals surface area contributed by atoms with Gasteiger partial charge in [0.15, 0.2) is 0 Å². The Labute approximate surface area is 132 Å². The zero-order chi connectivity index (χ0) is 15.0. The summed E-state index contributed by atoms with van der Waals surface area (Å²) in [6.45, 7) is 2.45.